The fourth-order valence-electron chi connectivity index (χ4n) is 4.65. The highest BCUT2D eigenvalue weighted by Gasteiger charge is 2.42. The number of para-hydroxylation sites is 1. The number of rotatable bonds is 4. The van der Waals surface area contributed by atoms with E-state index >= 15 is 0 Å². The van der Waals surface area contributed by atoms with Crippen molar-refractivity contribution in [3.63, 3.8) is 0 Å². The summed E-state index contributed by atoms with van der Waals surface area (Å²) in [7, 11) is -3.80. The number of benzene rings is 3. The molecule has 0 unspecified atom stereocenters. The van der Waals surface area contributed by atoms with E-state index in [-0.39, 0.29) is 22.6 Å². The molecule has 3 aromatic carbocycles. The van der Waals surface area contributed by atoms with Crippen LogP contribution in [0.5, 0.6) is 0 Å². The second-order valence-corrected chi connectivity index (χ2v) is 9.48. The minimum Gasteiger partial charge on any atom is -0.317 e. The van der Waals surface area contributed by atoms with Gasteiger partial charge >= 0.3 is 0 Å². The van der Waals surface area contributed by atoms with E-state index in [0.717, 1.165) is 24.1 Å². The molecule has 156 valence electrons. The maximum atomic E-state index is 12.9. The van der Waals surface area contributed by atoms with Crippen LogP contribution < -0.4 is 4.90 Å². The molecular formula is C25H22N2O3S. The van der Waals surface area contributed by atoms with E-state index in [1.165, 1.54) is 0 Å². The Bertz CT molecular complexity index is 1250. The molecule has 3 aromatic rings. The Morgan fingerprint density at radius 3 is 2.19 bits per heavy atom. The van der Waals surface area contributed by atoms with Crippen LogP contribution in [0, 0.1) is 5.92 Å². The highest BCUT2D eigenvalue weighted by atomic mass is 32.2. The van der Waals surface area contributed by atoms with Gasteiger partial charge in [-0.1, -0.05) is 60.7 Å². The summed E-state index contributed by atoms with van der Waals surface area (Å²) in [6, 6.07) is 26.0. The summed E-state index contributed by atoms with van der Waals surface area (Å²) in [5.74, 6) is 0.348. The molecular weight excluding hydrogens is 408 g/mol. The Balaban J connectivity index is 1.76. The van der Waals surface area contributed by atoms with Crippen LogP contribution in [0.3, 0.4) is 0 Å². The number of hydrogen-bond donors (Lipinski definition) is 0. The molecule has 6 heteroatoms. The van der Waals surface area contributed by atoms with Crippen LogP contribution >= 0.6 is 0 Å². The normalized spacial score (nSPS) is 20.2. The lowest BCUT2D eigenvalue weighted by atomic mass is 9.88. The Kier molecular flexibility index (Phi) is 4.94. The summed E-state index contributed by atoms with van der Waals surface area (Å²) in [4.78, 5) is 15.1. The highest BCUT2D eigenvalue weighted by Crippen LogP contribution is 2.42. The van der Waals surface area contributed by atoms with Gasteiger partial charge in [0.05, 0.1) is 6.04 Å². The number of nitrogens with zero attached hydrogens (tertiary/aromatic N) is 2. The standard InChI is InChI=1S/C25H22N2O3S/c28-22-16-9-15-20(22)24(18-10-3-1-4-11-18)27(19-12-5-2-6-13-19)25-21-14-7-8-17-23(21)31(29,30)26-25/h1-8,10-14,17,20,24H,9,15-16H2/t20-,24+/m1/s1. The third-order valence-electron chi connectivity index (χ3n) is 6.03. The van der Waals surface area contributed by atoms with Crippen molar-refractivity contribution in [2.75, 3.05) is 4.90 Å². The van der Waals surface area contributed by atoms with Crippen molar-refractivity contribution in [1.29, 1.82) is 0 Å². The highest BCUT2D eigenvalue weighted by molar-refractivity contribution is 7.90. The molecule has 31 heavy (non-hydrogen) atoms. The van der Waals surface area contributed by atoms with Crippen molar-refractivity contribution in [1.82, 2.24) is 0 Å². The predicted octanol–water partition coefficient (Wildman–Crippen LogP) is 4.75. The molecule has 1 heterocycles. The van der Waals surface area contributed by atoms with Crippen molar-refractivity contribution in [2.45, 2.75) is 30.2 Å². The molecule has 0 amide bonds. The van der Waals surface area contributed by atoms with E-state index in [9.17, 15) is 13.2 Å². The summed E-state index contributed by atoms with van der Waals surface area (Å²) < 4.78 is 29.9. The van der Waals surface area contributed by atoms with Crippen molar-refractivity contribution in [2.24, 2.45) is 10.3 Å². The molecule has 2 atom stereocenters. The van der Waals surface area contributed by atoms with Crippen LogP contribution in [0.25, 0.3) is 0 Å². The van der Waals surface area contributed by atoms with E-state index in [2.05, 4.69) is 4.40 Å². The smallest absolute Gasteiger partial charge is 0.285 e. The van der Waals surface area contributed by atoms with E-state index < -0.39 is 10.0 Å². The minimum atomic E-state index is -3.80. The molecule has 0 saturated heterocycles. The second kappa shape index (κ2) is 7.78. The van der Waals surface area contributed by atoms with Crippen LogP contribution in [0.4, 0.5) is 5.69 Å². The summed E-state index contributed by atoms with van der Waals surface area (Å²) in [5, 5.41) is 0. The zero-order valence-corrected chi connectivity index (χ0v) is 17.7. The molecule has 0 radical (unpaired) electrons. The van der Waals surface area contributed by atoms with Gasteiger partial charge in [0.25, 0.3) is 10.0 Å². The van der Waals surface area contributed by atoms with E-state index in [1.807, 2.05) is 71.6 Å². The van der Waals surface area contributed by atoms with Crippen LogP contribution in [0.1, 0.15) is 36.4 Å². The Morgan fingerprint density at radius 2 is 1.52 bits per heavy atom. The molecule has 5 rings (SSSR count). The van der Waals surface area contributed by atoms with Crippen molar-refractivity contribution in [3.05, 3.63) is 96.1 Å². The van der Waals surface area contributed by atoms with Gasteiger partial charge in [-0.2, -0.15) is 8.42 Å². The first-order valence-electron chi connectivity index (χ1n) is 10.4. The number of sulfonamides is 1. The third-order valence-corrected chi connectivity index (χ3v) is 7.35. The van der Waals surface area contributed by atoms with Gasteiger partial charge in [0.2, 0.25) is 0 Å². The van der Waals surface area contributed by atoms with Crippen LogP contribution in [0.15, 0.2) is 94.2 Å². The number of fused-ring (bicyclic) bond motifs is 1. The lowest BCUT2D eigenvalue weighted by Gasteiger charge is -2.37. The Labute approximate surface area is 182 Å². The third kappa shape index (κ3) is 3.47. The van der Waals surface area contributed by atoms with Gasteiger partial charge in [0, 0.05) is 23.6 Å². The summed E-state index contributed by atoms with van der Waals surface area (Å²) in [5.41, 5.74) is 2.34. The molecule has 0 N–H and O–H groups in total. The first kappa shape index (κ1) is 19.7. The number of ketones is 1. The number of Topliss-reactive ketones (excluding diaryl/α,β-unsaturated/α-hetero) is 1. The van der Waals surface area contributed by atoms with Crippen molar-refractivity contribution < 1.29 is 13.2 Å². The van der Waals surface area contributed by atoms with E-state index in [1.54, 1.807) is 18.2 Å². The maximum absolute atomic E-state index is 12.9. The predicted molar refractivity (Wildman–Crippen MR) is 121 cm³/mol. The van der Waals surface area contributed by atoms with Gasteiger partial charge in [-0.15, -0.1) is 4.40 Å². The molecule has 0 bridgehead atoms. The average Bonchev–Trinajstić information content (AvgIpc) is 3.33. The van der Waals surface area contributed by atoms with Crippen molar-refractivity contribution in [3.8, 4) is 0 Å². The topological polar surface area (TPSA) is 66.8 Å². The summed E-state index contributed by atoms with van der Waals surface area (Å²) >= 11 is 0. The van der Waals surface area contributed by atoms with Gasteiger partial charge in [0.1, 0.15) is 10.7 Å². The maximum Gasteiger partial charge on any atom is 0.285 e. The fourth-order valence-corrected chi connectivity index (χ4v) is 5.85. The molecule has 1 aliphatic carbocycles. The first-order valence-corrected chi connectivity index (χ1v) is 11.9. The van der Waals surface area contributed by atoms with E-state index in [4.69, 9.17) is 0 Å². The van der Waals surface area contributed by atoms with Crippen molar-refractivity contribution >= 4 is 27.3 Å². The molecule has 5 nitrogen and oxygen atoms in total. The van der Waals surface area contributed by atoms with Crippen LogP contribution in [-0.2, 0) is 14.8 Å². The molecule has 2 aliphatic rings. The second-order valence-electron chi connectivity index (χ2n) is 7.91. The lowest BCUT2D eigenvalue weighted by Crippen LogP contribution is -2.40. The van der Waals surface area contributed by atoms with E-state index in [0.29, 0.717) is 17.8 Å². The fraction of sp³-hybridized carbons (Fsp3) is 0.200. The number of carbonyl (C=O) groups excluding carboxylic acids is 1. The van der Waals surface area contributed by atoms with Crippen LogP contribution in [0.2, 0.25) is 0 Å². The monoisotopic (exact) mass is 430 g/mol. The molecule has 1 fully saturated rings. The molecule has 1 saturated carbocycles. The van der Waals surface area contributed by atoms with Crippen LogP contribution in [-0.4, -0.2) is 20.0 Å². The SMILES string of the molecule is O=C1CCC[C@H]1[C@H](c1ccccc1)N(C1=NS(=O)(=O)c2ccccc21)c1ccccc1. The summed E-state index contributed by atoms with van der Waals surface area (Å²) in [6.07, 6.45) is 2.16. The Morgan fingerprint density at radius 1 is 0.871 bits per heavy atom. The number of anilines is 1. The quantitative estimate of drug-likeness (QED) is 0.599. The summed E-state index contributed by atoms with van der Waals surface area (Å²) in [6.45, 7) is 0. The zero-order chi connectivity index (χ0) is 21.4. The van der Waals surface area contributed by atoms with Gasteiger partial charge in [-0.3, -0.25) is 4.79 Å². The zero-order valence-electron chi connectivity index (χ0n) is 16.9. The van der Waals surface area contributed by atoms with Gasteiger partial charge in [-0.05, 0) is 42.7 Å². The molecule has 0 aromatic heterocycles. The first-order chi connectivity index (χ1) is 15.1. The van der Waals surface area contributed by atoms with Gasteiger partial charge < -0.3 is 4.90 Å². The lowest BCUT2D eigenvalue weighted by molar-refractivity contribution is -0.121. The van der Waals surface area contributed by atoms with Gasteiger partial charge in [0.15, 0.2) is 5.84 Å². The number of amidine groups is 1. The number of carbonyl (C=O) groups is 1. The van der Waals surface area contributed by atoms with Gasteiger partial charge in [-0.25, -0.2) is 0 Å². The largest absolute Gasteiger partial charge is 0.317 e. The Hall–Kier alpha value is -3.25. The number of hydrogen-bond acceptors (Lipinski definition) is 4. The molecule has 1 aliphatic heterocycles. The molecule has 0 spiro atoms. The average molecular weight is 431 g/mol. The minimum absolute atomic E-state index is 0.204.